The predicted molar refractivity (Wildman–Crippen MR) is 135 cm³/mol. The number of aryl methyl sites for hydroxylation is 3. The van der Waals surface area contributed by atoms with Gasteiger partial charge in [-0.3, -0.25) is 4.79 Å². The van der Waals surface area contributed by atoms with Gasteiger partial charge in [0.25, 0.3) is 0 Å². The molecule has 3 aromatic rings. The molecule has 5 nitrogen and oxygen atoms in total. The van der Waals surface area contributed by atoms with Crippen LogP contribution in [0.25, 0.3) is 0 Å². The van der Waals surface area contributed by atoms with Gasteiger partial charge < -0.3 is 9.88 Å². The second-order valence-corrected chi connectivity index (χ2v) is 9.94. The van der Waals surface area contributed by atoms with Gasteiger partial charge in [0.2, 0.25) is 5.91 Å². The molecule has 3 rings (SSSR count). The molecule has 0 saturated heterocycles. The lowest BCUT2D eigenvalue weighted by molar-refractivity contribution is -0.115. The number of benzene rings is 2. The minimum atomic E-state index is -0.263. The lowest BCUT2D eigenvalue weighted by Gasteiger charge is -2.16. The van der Waals surface area contributed by atoms with Crippen LogP contribution in [0.4, 0.5) is 5.69 Å². The number of carbonyl (C=O) groups excluding carboxylic acids is 1. The van der Waals surface area contributed by atoms with Crippen LogP contribution >= 0.6 is 23.5 Å². The van der Waals surface area contributed by atoms with Crippen molar-refractivity contribution in [3.8, 4) is 0 Å². The summed E-state index contributed by atoms with van der Waals surface area (Å²) in [7, 11) is 0. The highest BCUT2D eigenvalue weighted by Crippen LogP contribution is 2.29. The lowest BCUT2D eigenvalue weighted by Crippen LogP contribution is -2.25. The molecule has 2 aromatic carbocycles. The van der Waals surface area contributed by atoms with Crippen molar-refractivity contribution >= 4 is 35.1 Å². The first kappa shape index (κ1) is 24.1. The minimum absolute atomic E-state index is 0.0202. The molecule has 1 unspecified atom stereocenters. The monoisotopic (exact) mass is 466 g/mol. The van der Waals surface area contributed by atoms with E-state index >= 15 is 0 Å². The fourth-order valence-corrected chi connectivity index (χ4v) is 5.04. The summed E-state index contributed by atoms with van der Waals surface area (Å²) in [6.07, 6.45) is 2.53. The topological polar surface area (TPSA) is 59.8 Å². The van der Waals surface area contributed by atoms with Gasteiger partial charge in [0.05, 0.1) is 11.0 Å². The maximum atomic E-state index is 13.0. The Bertz CT molecular complexity index is 1080. The number of allylic oxidation sites excluding steroid dienone is 1. The average Bonchev–Trinajstić information content (AvgIpc) is 3.15. The molecule has 0 aliphatic carbocycles. The Morgan fingerprint density at radius 1 is 1.12 bits per heavy atom. The number of anilines is 1. The second-order valence-electron chi connectivity index (χ2n) is 7.72. The van der Waals surface area contributed by atoms with Gasteiger partial charge in [-0.1, -0.05) is 60.2 Å². The quantitative estimate of drug-likeness (QED) is 0.285. The summed E-state index contributed by atoms with van der Waals surface area (Å²) in [5.74, 6) is 1.56. The first-order chi connectivity index (χ1) is 15.4. The van der Waals surface area contributed by atoms with E-state index in [9.17, 15) is 4.79 Å². The highest BCUT2D eigenvalue weighted by molar-refractivity contribution is 8.00. The van der Waals surface area contributed by atoms with Crippen LogP contribution in [0.2, 0.25) is 0 Å². The van der Waals surface area contributed by atoms with Crippen LogP contribution in [0.3, 0.4) is 0 Å². The van der Waals surface area contributed by atoms with E-state index in [-0.39, 0.29) is 11.2 Å². The number of nitrogens with one attached hydrogen (secondary N) is 1. The Morgan fingerprint density at radius 2 is 1.84 bits per heavy atom. The third-order valence-electron chi connectivity index (χ3n) is 5.04. The van der Waals surface area contributed by atoms with Crippen LogP contribution in [0.15, 0.2) is 65.2 Å². The molecule has 0 saturated carbocycles. The fraction of sp³-hybridized carbons (Fsp3) is 0.320. The molecule has 0 radical (unpaired) electrons. The van der Waals surface area contributed by atoms with E-state index in [0.29, 0.717) is 18.7 Å². The van der Waals surface area contributed by atoms with Crippen molar-refractivity contribution in [2.24, 2.45) is 0 Å². The Labute approximate surface area is 199 Å². The molecule has 1 aromatic heterocycles. The van der Waals surface area contributed by atoms with Gasteiger partial charge >= 0.3 is 0 Å². The molecule has 0 aliphatic rings. The third-order valence-corrected chi connectivity index (χ3v) is 7.40. The summed E-state index contributed by atoms with van der Waals surface area (Å²) in [6.45, 7) is 12.6. The summed E-state index contributed by atoms with van der Waals surface area (Å²) < 4.78 is 2.05. The number of aromatic nitrogens is 3. The van der Waals surface area contributed by atoms with Gasteiger partial charge in [-0.2, -0.15) is 0 Å². The molecule has 7 heteroatoms. The first-order valence-electron chi connectivity index (χ1n) is 10.7. The molecule has 1 atom stereocenters. The number of hydrogen-bond acceptors (Lipinski definition) is 5. The second kappa shape index (κ2) is 11.4. The van der Waals surface area contributed by atoms with E-state index in [0.717, 1.165) is 22.2 Å². The Hall–Kier alpha value is -2.51. The molecule has 1 N–H and O–H groups in total. The smallest absolute Gasteiger partial charge is 0.237 e. The number of nitrogens with zero attached hydrogens (tertiary/aromatic N) is 3. The van der Waals surface area contributed by atoms with Crippen molar-refractivity contribution in [3.05, 3.63) is 77.6 Å². The summed E-state index contributed by atoms with van der Waals surface area (Å²) in [6, 6.07) is 14.5. The number of carbonyl (C=O) groups is 1. The van der Waals surface area contributed by atoms with E-state index < -0.39 is 0 Å². The molecular formula is C25H30N4OS2. The molecule has 0 bridgehead atoms. The van der Waals surface area contributed by atoms with Crippen LogP contribution in [0.1, 0.15) is 35.9 Å². The number of amides is 1. The average molecular weight is 467 g/mol. The molecular weight excluding hydrogens is 436 g/mol. The maximum absolute atomic E-state index is 13.0. The molecule has 0 fully saturated rings. The van der Waals surface area contributed by atoms with Crippen LogP contribution in [-0.4, -0.2) is 25.9 Å². The molecule has 168 valence electrons. The third kappa shape index (κ3) is 6.26. The van der Waals surface area contributed by atoms with Crippen molar-refractivity contribution in [1.29, 1.82) is 0 Å². The van der Waals surface area contributed by atoms with Gasteiger partial charge in [0.1, 0.15) is 5.82 Å². The largest absolute Gasteiger partial charge is 0.325 e. The normalized spacial score (nSPS) is 11.9. The molecule has 0 spiro atoms. The van der Waals surface area contributed by atoms with E-state index in [1.807, 2.05) is 43.5 Å². The Kier molecular flexibility index (Phi) is 8.59. The Balaban J connectivity index is 1.71. The van der Waals surface area contributed by atoms with Crippen molar-refractivity contribution in [3.63, 3.8) is 0 Å². The van der Waals surface area contributed by atoms with Crippen molar-refractivity contribution in [2.45, 2.75) is 61.7 Å². The lowest BCUT2D eigenvalue weighted by atomic mass is 10.1. The minimum Gasteiger partial charge on any atom is -0.325 e. The first-order valence-corrected chi connectivity index (χ1v) is 12.5. The highest BCUT2D eigenvalue weighted by Gasteiger charge is 2.23. The number of hydrogen-bond donors (Lipinski definition) is 1. The molecule has 0 aliphatic heterocycles. The zero-order valence-corrected chi connectivity index (χ0v) is 20.7. The van der Waals surface area contributed by atoms with E-state index in [4.69, 9.17) is 0 Å². The summed E-state index contributed by atoms with van der Waals surface area (Å²) in [5.41, 5.74) is 4.33. The predicted octanol–water partition coefficient (Wildman–Crippen LogP) is 6.19. The zero-order valence-electron chi connectivity index (χ0n) is 19.1. The van der Waals surface area contributed by atoms with E-state index in [2.05, 4.69) is 59.3 Å². The number of thioether (sulfide) groups is 2. The van der Waals surface area contributed by atoms with Crippen molar-refractivity contribution in [2.75, 3.05) is 5.32 Å². The zero-order chi connectivity index (χ0) is 23.1. The van der Waals surface area contributed by atoms with Crippen molar-refractivity contribution < 1.29 is 4.79 Å². The Morgan fingerprint density at radius 3 is 2.50 bits per heavy atom. The van der Waals surface area contributed by atoms with Crippen LogP contribution in [0, 0.1) is 20.8 Å². The molecule has 1 amide bonds. The van der Waals surface area contributed by atoms with E-state index in [1.165, 1.54) is 27.8 Å². The summed E-state index contributed by atoms with van der Waals surface area (Å²) in [5, 5.41) is 12.4. The molecule has 1 heterocycles. The van der Waals surface area contributed by atoms with Gasteiger partial charge in [-0.05, 0) is 51.0 Å². The fourth-order valence-electron chi connectivity index (χ4n) is 3.22. The van der Waals surface area contributed by atoms with Crippen molar-refractivity contribution in [1.82, 2.24) is 14.8 Å². The van der Waals surface area contributed by atoms with Gasteiger partial charge in [-0.25, -0.2) is 0 Å². The van der Waals surface area contributed by atoms with Crippen LogP contribution < -0.4 is 5.32 Å². The maximum Gasteiger partial charge on any atom is 0.237 e. The molecule has 32 heavy (non-hydrogen) atoms. The standard InChI is InChI=1S/C25H30N4OS2/c1-6-14-29-23(16-31-20-11-8-17(3)9-12-20)27-28-25(29)32-22(7-2)24(30)26-21-13-10-18(4)15-19(21)5/h6,8-13,15,22H,1,7,14,16H2,2-5H3,(H,26,30). The highest BCUT2D eigenvalue weighted by atomic mass is 32.2. The van der Waals surface area contributed by atoms with Crippen LogP contribution in [0.5, 0.6) is 0 Å². The summed E-state index contributed by atoms with van der Waals surface area (Å²) in [4.78, 5) is 14.2. The van der Waals surface area contributed by atoms with Gasteiger partial charge in [0, 0.05) is 17.1 Å². The van der Waals surface area contributed by atoms with Crippen LogP contribution in [-0.2, 0) is 17.1 Å². The van der Waals surface area contributed by atoms with Gasteiger partial charge in [0.15, 0.2) is 5.16 Å². The van der Waals surface area contributed by atoms with Gasteiger partial charge in [-0.15, -0.1) is 28.5 Å². The van der Waals surface area contributed by atoms with E-state index in [1.54, 1.807) is 11.8 Å². The summed E-state index contributed by atoms with van der Waals surface area (Å²) >= 11 is 3.18. The number of rotatable bonds is 10. The SMILES string of the molecule is C=CCn1c(CSc2ccc(C)cc2)nnc1SC(CC)C(=O)Nc1ccc(C)cc1C.